The summed E-state index contributed by atoms with van der Waals surface area (Å²) in [5, 5.41) is 6.65. The predicted octanol–water partition coefficient (Wildman–Crippen LogP) is 2.96. The van der Waals surface area contributed by atoms with Crippen LogP contribution in [0, 0.1) is 6.92 Å². The molecule has 3 rings (SSSR count). The second-order valence-corrected chi connectivity index (χ2v) is 5.13. The maximum absolute atomic E-state index is 5.54. The van der Waals surface area contributed by atoms with Crippen molar-refractivity contribution in [3.8, 4) is 11.5 Å². The first kappa shape index (κ1) is 10.1. The van der Waals surface area contributed by atoms with Crippen molar-refractivity contribution in [2.75, 3.05) is 0 Å². The fraction of sp³-hybridized carbons (Fsp3) is 0.417. The van der Waals surface area contributed by atoms with Gasteiger partial charge in [-0.3, -0.25) is 0 Å². The Balaban J connectivity index is 1.71. The van der Waals surface area contributed by atoms with E-state index in [0.29, 0.717) is 0 Å². The average molecular weight is 234 g/mol. The summed E-state index contributed by atoms with van der Waals surface area (Å²) in [6.07, 6.45) is 2.63. The number of rotatable bonds is 4. The molecular formula is C12H14N2OS. The van der Waals surface area contributed by atoms with Gasteiger partial charge in [0.25, 0.3) is 0 Å². The molecule has 1 aliphatic carbocycles. The number of hydrogen-bond acceptors (Lipinski definition) is 4. The quantitative estimate of drug-likeness (QED) is 0.883. The van der Waals surface area contributed by atoms with E-state index >= 15 is 0 Å². The van der Waals surface area contributed by atoms with Gasteiger partial charge in [0.05, 0.1) is 0 Å². The van der Waals surface area contributed by atoms with Crippen molar-refractivity contribution in [2.45, 2.75) is 32.4 Å². The molecule has 2 aromatic rings. The van der Waals surface area contributed by atoms with Crippen LogP contribution in [-0.4, -0.2) is 11.0 Å². The van der Waals surface area contributed by atoms with E-state index in [0.717, 1.165) is 34.8 Å². The molecule has 1 saturated carbocycles. The van der Waals surface area contributed by atoms with Crippen LogP contribution in [0.25, 0.3) is 11.5 Å². The van der Waals surface area contributed by atoms with E-state index in [1.54, 1.807) is 11.3 Å². The number of nitrogens with zero attached hydrogens (tertiary/aromatic N) is 1. The molecule has 2 aromatic heterocycles. The predicted molar refractivity (Wildman–Crippen MR) is 64.4 cm³/mol. The van der Waals surface area contributed by atoms with Gasteiger partial charge in [-0.15, -0.1) is 11.3 Å². The van der Waals surface area contributed by atoms with Crippen LogP contribution in [0.5, 0.6) is 0 Å². The maximum atomic E-state index is 5.54. The van der Waals surface area contributed by atoms with E-state index in [1.165, 1.54) is 12.8 Å². The van der Waals surface area contributed by atoms with Crippen molar-refractivity contribution in [1.29, 1.82) is 0 Å². The molecule has 0 saturated heterocycles. The van der Waals surface area contributed by atoms with Gasteiger partial charge in [-0.25, -0.2) is 4.98 Å². The minimum Gasteiger partial charge on any atom is -0.460 e. The van der Waals surface area contributed by atoms with Gasteiger partial charge in [-0.2, -0.15) is 0 Å². The molecule has 1 N–H and O–H groups in total. The summed E-state index contributed by atoms with van der Waals surface area (Å²) in [4.78, 5) is 4.56. The molecule has 0 bridgehead atoms. The van der Waals surface area contributed by atoms with Crippen molar-refractivity contribution < 1.29 is 4.42 Å². The van der Waals surface area contributed by atoms with E-state index in [9.17, 15) is 0 Å². The first-order valence-corrected chi connectivity index (χ1v) is 6.44. The smallest absolute Gasteiger partial charge is 0.153 e. The molecule has 1 aliphatic rings. The number of hydrogen-bond donors (Lipinski definition) is 1. The number of furan rings is 1. The van der Waals surface area contributed by atoms with E-state index in [4.69, 9.17) is 4.42 Å². The van der Waals surface area contributed by atoms with Crippen molar-refractivity contribution in [1.82, 2.24) is 10.3 Å². The average Bonchev–Trinajstić information content (AvgIpc) is 2.81. The molecule has 0 radical (unpaired) electrons. The monoisotopic (exact) mass is 234 g/mol. The second kappa shape index (κ2) is 4.03. The number of nitrogens with one attached hydrogen (secondary N) is 1. The molecule has 0 aliphatic heterocycles. The highest BCUT2D eigenvalue weighted by atomic mass is 32.1. The third kappa shape index (κ3) is 2.18. The third-order valence-electron chi connectivity index (χ3n) is 2.66. The summed E-state index contributed by atoms with van der Waals surface area (Å²) in [6, 6.07) is 4.68. The van der Waals surface area contributed by atoms with E-state index in [2.05, 4.69) is 15.7 Å². The van der Waals surface area contributed by atoms with Gasteiger partial charge in [0.2, 0.25) is 0 Å². The molecule has 16 heavy (non-hydrogen) atoms. The normalized spacial score (nSPS) is 15.6. The zero-order chi connectivity index (χ0) is 11.0. The van der Waals surface area contributed by atoms with Crippen LogP contribution in [0.4, 0.5) is 0 Å². The topological polar surface area (TPSA) is 38.1 Å². The maximum Gasteiger partial charge on any atom is 0.153 e. The Labute approximate surface area is 98.5 Å². The van der Waals surface area contributed by atoms with Gasteiger partial charge in [-0.05, 0) is 31.9 Å². The molecule has 0 atom stereocenters. The summed E-state index contributed by atoms with van der Waals surface area (Å²) in [5.41, 5.74) is 0.950. The Morgan fingerprint density at radius 3 is 3.06 bits per heavy atom. The molecule has 1 fully saturated rings. The third-order valence-corrected chi connectivity index (χ3v) is 3.51. The lowest BCUT2D eigenvalue weighted by atomic mass is 10.3. The van der Waals surface area contributed by atoms with Crippen LogP contribution in [-0.2, 0) is 6.54 Å². The van der Waals surface area contributed by atoms with Crippen LogP contribution in [0.15, 0.2) is 21.9 Å². The molecular weight excluding hydrogens is 220 g/mol. The molecule has 0 aromatic carbocycles. The standard InChI is InChI=1S/C12H14N2OS/c1-8-2-5-11(15-8)10-7-16-12(14-10)6-13-9-3-4-9/h2,5,7,9,13H,3-4,6H2,1H3. The summed E-state index contributed by atoms with van der Waals surface area (Å²) in [5.74, 6) is 1.80. The molecule has 3 nitrogen and oxygen atoms in total. The molecule has 4 heteroatoms. The second-order valence-electron chi connectivity index (χ2n) is 4.19. The zero-order valence-corrected chi connectivity index (χ0v) is 10.0. The number of aryl methyl sites for hydroxylation is 1. The highest BCUT2D eigenvalue weighted by Gasteiger charge is 2.20. The summed E-state index contributed by atoms with van der Waals surface area (Å²) in [6.45, 7) is 2.83. The van der Waals surface area contributed by atoms with Gasteiger partial charge >= 0.3 is 0 Å². The van der Waals surface area contributed by atoms with Crippen LogP contribution >= 0.6 is 11.3 Å². The summed E-state index contributed by atoms with van der Waals surface area (Å²) >= 11 is 1.69. The van der Waals surface area contributed by atoms with Gasteiger partial charge in [0.15, 0.2) is 5.76 Å². The van der Waals surface area contributed by atoms with Crippen LogP contribution < -0.4 is 5.32 Å². The minimum atomic E-state index is 0.734. The first-order valence-electron chi connectivity index (χ1n) is 5.56. The van der Waals surface area contributed by atoms with Crippen LogP contribution in [0.3, 0.4) is 0 Å². The Hall–Kier alpha value is -1.13. The van der Waals surface area contributed by atoms with E-state index < -0.39 is 0 Å². The minimum absolute atomic E-state index is 0.734. The molecule has 0 amide bonds. The van der Waals surface area contributed by atoms with E-state index in [-0.39, 0.29) is 0 Å². The van der Waals surface area contributed by atoms with Gasteiger partial charge in [0, 0.05) is 18.0 Å². The Morgan fingerprint density at radius 2 is 2.38 bits per heavy atom. The SMILES string of the molecule is Cc1ccc(-c2csc(CNC3CC3)n2)o1. The summed E-state index contributed by atoms with van der Waals surface area (Å²) in [7, 11) is 0. The highest BCUT2D eigenvalue weighted by molar-refractivity contribution is 7.09. The first-order chi connectivity index (χ1) is 7.81. The molecule has 0 unspecified atom stereocenters. The van der Waals surface area contributed by atoms with Crippen molar-refractivity contribution in [3.05, 3.63) is 28.3 Å². The van der Waals surface area contributed by atoms with Crippen LogP contribution in [0.1, 0.15) is 23.6 Å². The lowest BCUT2D eigenvalue weighted by molar-refractivity contribution is 0.546. The highest BCUT2D eigenvalue weighted by Crippen LogP contribution is 2.25. The van der Waals surface area contributed by atoms with E-state index in [1.807, 2.05) is 19.1 Å². The summed E-state index contributed by atoms with van der Waals surface area (Å²) < 4.78 is 5.54. The molecule has 2 heterocycles. The lowest BCUT2D eigenvalue weighted by Gasteiger charge is -1.96. The number of aromatic nitrogens is 1. The molecule has 84 valence electrons. The lowest BCUT2D eigenvalue weighted by Crippen LogP contribution is -2.14. The van der Waals surface area contributed by atoms with Crippen LogP contribution in [0.2, 0.25) is 0 Å². The number of thiazole rings is 1. The van der Waals surface area contributed by atoms with Gasteiger partial charge < -0.3 is 9.73 Å². The largest absolute Gasteiger partial charge is 0.460 e. The zero-order valence-electron chi connectivity index (χ0n) is 9.19. The Morgan fingerprint density at radius 1 is 1.50 bits per heavy atom. The molecule has 0 spiro atoms. The Bertz CT molecular complexity index is 485. The van der Waals surface area contributed by atoms with Crippen molar-refractivity contribution in [3.63, 3.8) is 0 Å². The Kier molecular flexibility index (Phi) is 2.53. The van der Waals surface area contributed by atoms with Crippen molar-refractivity contribution >= 4 is 11.3 Å². The fourth-order valence-electron chi connectivity index (χ4n) is 1.60. The van der Waals surface area contributed by atoms with Crippen molar-refractivity contribution in [2.24, 2.45) is 0 Å². The van der Waals surface area contributed by atoms with Gasteiger partial charge in [-0.1, -0.05) is 0 Å². The van der Waals surface area contributed by atoms with Gasteiger partial charge in [0.1, 0.15) is 16.5 Å². The fourth-order valence-corrected chi connectivity index (χ4v) is 2.33.